The van der Waals surface area contributed by atoms with Crippen LogP contribution in [-0.2, 0) is 20.7 Å². The van der Waals surface area contributed by atoms with Crippen molar-refractivity contribution in [2.24, 2.45) is 0 Å². The second-order valence-corrected chi connectivity index (χ2v) is 4.54. The molecule has 104 valence electrons. The molecule has 0 bridgehead atoms. The summed E-state index contributed by atoms with van der Waals surface area (Å²) in [5.74, 6) is -0.366. The van der Waals surface area contributed by atoms with Gasteiger partial charge in [0.1, 0.15) is 5.82 Å². The zero-order valence-corrected chi connectivity index (χ0v) is 11.0. The van der Waals surface area contributed by atoms with Crippen LogP contribution in [0.2, 0.25) is 0 Å². The van der Waals surface area contributed by atoms with Crippen molar-refractivity contribution in [1.82, 2.24) is 0 Å². The Morgan fingerprint density at radius 3 is 3.00 bits per heavy atom. The van der Waals surface area contributed by atoms with Gasteiger partial charge in [-0.2, -0.15) is 0 Å². The molecule has 1 aromatic carbocycles. The van der Waals surface area contributed by atoms with Gasteiger partial charge in [0.15, 0.2) is 6.29 Å². The fraction of sp³-hybridized carbons (Fsp3) is 0.538. The van der Waals surface area contributed by atoms with Crippen molar-refractivity contribution in [3.8, 4) is 0 Å². The number of benzene rings is 1. The Morgan fingerprint density at radius 2 is 2.32 bits per heavy atom. The number of rotatable bonds is 5. The van der Waals surface area contributed by atoms with E-state index in [0.717, 1.165) is 19.3 Å². The van der Waals surface area contributed by atoms with Gasteiger partial charge in [-0.3, -0.25) is 0 Å². The minimum atomic E-state index is -1.08. The van der Waals surface area contributed by atoms with Gasteiger partial charge in [-0.25, -0.2) is 4.39 Å². The third kappa shape index (κ3) is 4.01. The molecule has 0 radical (unpaired) electrons. The van der Waals surface area contributed by atoms with Crippen LogP contribution in [0.1, 0.15) is 24.8 Å². The zero-order chi connectivity index (χ0) is 13.7. The highest BCUT2D eigenvalue weighted by Crippen LogP contribution is 2.15. The Hall–Kier alpha value is -0.945. The minimum absolute atomic E-state index is 0.193. The van der Waals surface area contributed by atoms with E-state index < -0.39 is 7.12 Å². The summed E-state index contributed by atoms with van der Waals surface area (Å²) < 4.78 is 29.2. The maximum atomic E-state index is 13.3. The largest absolute Gasteiger partial charge is 0.491 e. The van der Waals surface area contributed by atoms with Gasteiger partial charge >= 0.3 is 7.12 Å². The summed E-state index contributed by atoms with van der Waals surface area (Å²) in [6, 6.07) is 4.14. The van der Waals surface area contributed by atoms with Crippen molar-refractivity contribution in [2.45, 2.75) is 32.2 Å². The number of hydrogen-bond acceptors (Lipinski definition) is 4. The fourth-order valence-corrected chi connectivity index (χ4v) is 2.09. The first kappa shape index (κ1) is 14.5. The van der Waals surface area contributed by atoms with Gasteiger partial charge in [0.05, 0.1) is 6.61 Å². The monoisotopic (exact) mass is 268 g/mol. The number of halogens is 1. The van der Waals surface area contributed by atoms with Gasteiger partial charge < -0.3 is 19.2 Å². The third-order valence-electron chi connectivity index (χ3n) is 3.16. The van der Waals surface area contributed by atoms with E-state index in [0.29, 0.717) is 17.6 Å². The third-order valence-corrected chi connectivity index (χ3v) is 3.16. The van der Waals surface area contributed by atoms with Crippen LogP contribution < -0.4 is 5.46 Å². The van der Waals surface area contributed by atoms with E-state index in [9.17, 15) is 9.41 Å². The van der Waals surface area contributed by atoms with E-state index in [4.69, 9.17) is 14.1 Å². The summed E-state index contributed by atoms with van der Waals surface area (Å²) in [7, 11) is 0.314. The first-order valence-electron chi connectivity index (χ1n) is 6.43. The summed E-state index contributed by atoms with van der Waals surface area (Å²) in [5.41, 5.74) is 1.09. The molecule has 1 unspecified atom stereocenters. The molecule has 4 nitrogen and oxygen atoms in total. The van der Waals surface area contributed by atoms with E-state index in [1.54, 1.807) is 0 Å². The van der Waals surface area contributed by atoms with Crippen LogP contribution in [0.5, 0.6) is 0 Å². The summed E-state index contributed by atoms with van der Waals surface area (Å²) in [4.78, 5) is 0. The lowest BCUT2D eigenvalue weighted by Gasteiger charge is -2.23. The molecule has 0 spiro atoms. The second-order valence-electron chi connectivity index (χ2n) is 4.54. The Balaban J connectivity index is 2.02. The Bertz CT molecular complexity index is 410. The molecule has 1 fully saturated rings. The molecule has 0 aromatic heterocycles. The highest BCUT2D eigenvalue weighted by Gasteiger charge is 2.21. The minimum Gasteiger partial charge on any atom is -0.423 e. The normalized spacial score (nSPS) is 19.4. The molecular formula is C13H18BFO4. The van der Waals surface area contributed by atoms with E-state index in [-0.39, 0.29) is 18.7 Å². The van der Waals surface area contributed by atoms with E-state index in [1.165, 1.54) is 25.3 Å². The summed E-state index contributed by atoms with van der Waals surface area (Å²) in [5, 5.41) is 9.71. The van der Waals surface area contributed by atoms with Gasteiger partial charge in [-0.15, -0.1) is 0 Å². The van der Waals surface area contributed by atoms with Gasteiger partial charge in [-0.1, -0.05) is 6.07 Å². The second kappa shape index (κ2) is 7.00. The molecule has 1 heterocycles. The van der Waals surface area contributed by atoms with Crippen molar-refractivity contribution in [3.63, 3.8) is 0 Å². The molecule has 1 saturated heterocycles. The van der Waals surface area contributed by atoms with Gasteiger partial charge in [0.25, 0.3) is 0 Å². The van der Waals surface area contributed by atoms with Crippen molar-refractivity contribution >= 4 is 12.6 Å². The molecule has 2 rings (SSSR count). The predicted molar refractivity (Wildman–Crippen MR) is 69.4 cm³/mol. The molecular weight excluding hydrogens is 250 g/mol. The number of ether oxygens (including phenoxy) is 2. The molecule has 1 N–H and O–H groups in total. The van der Waals surface area contributed by atoms with Crippen LogP contribution in [0.4, 0.5) is 4.39 Å². The van der Waals surface area contributed by atoms with Gasteiger partial charge in [-0.05, 0) is 42.4 Å². The van der Waals surface area contributed by atoms with E-state index in [2.05, 4.69) is 0 Å². The van der Waals surface area contributed by atoms with Crippen LogP contribution in [-0.4, -0.2) is 32.1 Å². The Kier molecular flexibility index (Phi) is 5.33. The molecule has 1 aliphatic rings. The lowest BCUT2D eigenvalue weighted by Crippen LogP contribution is -2.36. The quantitative estimate of drug-likeness (QED) is 0.815. The summed E-state index contributed by atoms with van der Waals surface area (Å²) >= 11 is 0. The lowest BCUT2D eigenvalue weighted by molar-refractivity contribution is -0.168. The van der Waals surface area contributed by atoms with Crippen LogP contribution in [0.25, 0.3) is 0 Å². The molecule has 1 aliphatic heterocycles. The number of hydrogen-bond donors (Lipinski definition) is 1. The van der Waals surface area contributed by atoms with E-state index in [1.807, 2.05) is 0 Å². The first-order valence-corrected chi connectivity index (χ1v) is 6.43. The summed E-state index contributed by atoms with van der Waals surface area (Å²) in [6.45, 7) is 0.888. The average Bonchev–Trinajstić information content (AvgIpc) is 2.45. The molecule has 6 heteroatoms. The van der Waals surface area contributed by atoms with Gasteiger partial charge in [0, 0.05) is 13.7 Å². The standard InChI is InChI=1S/C13H18BFO4/c1-17-14(16)12-6-5-11(15)8-10(12)9-19-13-4-2-3-7-18-13/h5-6,8,13,16H,2-4,7,9H2,1H3. The van der Waals surface area contributed by atoms with Crippen LogP contribution >= 0.6 is 0 Å². The van der Waals surface area contributed by atoms with Crippen molar-refractivity contribution < 1.29 is 23.5 Å². The predicted octanol–water partition coefficient (Wildman–Crippen LogP) is 1.20. The topological polar surface area (TPSA) is 47.9 Å². The van der Waals surface area contributed by atoms with Crippen LogP contribution in [0.15, 0.2) is 18.2 Å². The van der Waals surface area contributed by atoms with E-state index >= 15 is 0 Å². The Morgan fingerprint density at radius 1 is 1.47 bits per heavy atom. The highest BCUT2D eigenvalue weighted by molar-refractivity contribution is 6.60. The Labute approximate surface area is 112 Å². The molecule has 0 saturated carbocycles. The van der Waals surface area contributed by atoms with Crippen molar-refractivity contribution in [1.29, 1.82) is 0 Å². The molecule has 19 heavy (non-hydrogen) atoms. The average molecular weight is 268 g/mol. The first-order chi connectivity index (χ1) is 9.20. The van der Waals surface area contributed by atoms with Crippen LogP contribution in [0, 0.1) is 5.82 Å². The maximum absolute atomic E-state index is 13.3. The zero-order valence-electron chi connectivity index (χ0n) is 11.0. The van der Waals surface area contributed by atoms with Crippen molar-refractivity contribution in [2.75, 3.05) is 13.7 Å². The van der Waals surface area contributed by atoms with Crippen LogP contribution in [0.3, 0.4) is 0 Å². The molecule has 0 amide bonds. The molecule has 1 aromatic rings. The molecule has 0 aliphatic carbocycles. The van der Waals surface area contributed by atoms with Gasteiger partial charge in [0.2, 0.25) is 0 Å². The maximum Gasteiger partial charge on any atom is 0.491 e. The highest BCUT2D eigenvalue weighted by atomic mass is 19.1. The smallest absolute Gasteiger partial charge is 0.423 e. The van der Waals surface area contributed by atoms with Crippen molar-refractivity contribution in [3.05, 3.63) is 29.6 Å². The lowest BCUT2D eigenvalue weighted by atomic mass is 9.76. The molecule has 1 atom stereocenters. The fourth-order valence-electron chi connectivity index (χ4n) is 2.09. The summed E-state index contributed by atoms with van der Waals surface area (Å²) in [6.07, 6.45) is 2.72. The SMILES string of the molecule is COB(O)c1ccc(F)cc1COC1CCCCO1.